The van der Waals surface area contributed by atoms with Crippen LogP contribution < -0.4 is 4.90 Å². The van der Waals surface area contributed by atoms with Crippen LogP contribution in [0.1, 0.15) is 40.5 Å². The van der Waals surface area contributed by atoms with Crippen LogP contribution in [0.2, 0.25) is 0 Å². The Hall–Kier alpha value is -0.520. The van der Waals surface area contributed by atoms with Gasteiger partial charge in [0.1, 0.15) is 12.1 Å². The summed E-state index contributed by atoms with van der Waals surface area (Å²) in [5.74, 6) is 6.07. The van der Waals surface area contributed by atoms with E-state index < -0.39 is 5.60 Å². The number of rotatable bonds is 5. The molecule has 0 unspecified atom stereocenters. The summed E-state index contributed by atoms with van der Waals surface area (Å²) in [4.78, 5) is 1.46. The Morgan fingerprint density at radius 1 is 1.07 bits per heavy atom. The topological polar surface area (TPSA) is 24.7 Å². The van der Waals surface area contributed by atoms with E-state index in [1.54, 1.807) is 0 Å². The molecule has 2 N–H and O–H groups in total. The molecule has 0 atom stereocenters. The molecule has 0 aliphatic heterocycles. The maximum absolute atomic E-state index is 9.90. The molecule has 0 spiro atoms. The summed E-state index contributed by atoms with van der Waals surface area (Å²) in [5, 5.41) is 9.90. The number of quaternary nitrogens is 1. The zero-order valence-corrected chi connectivity index (χ0v) is 9.98. The molecular formula is C12H24NO+. The minimum Gasteiger partial charge on any atom is -0.378 e. The second kappa shape index (κ2) is 6.86. The van der Waals surface area contributed by atoms with Crippen LogP contribution in [0, 0.1) is 11.8 Å². The van der Waals surface area contributed by atoms with Crippen molar-refractivity contribution in [3.05, 3.63) is 0 Å². The van der Waals surface area contributed by atoms with Gasteiger partial charge in [-0.2, -0.15) is 0 Å². The van der Waals surface area contributed by atoms with Crippen LogP contribution in [0.25, 0.3) is 0 Å². The van der Waals surface area contributed by atoms with Crippen LogP contribution in [-0.2, 0) is 0 Å². The third-order valence-electron chi connectivity index (χ3n) is 2.83. The standard InChI is InChI=1S/C12H23NO/c1-5-12(14,6-2)10-9-11-13(7-3)8-4/h14H,5-8,11H2,1-4H3/p+1. The summed E-state index contributed by atoms with van der Waals surface area (Å²) >= 11 is 0. The maximum atomic E-state index is 9.90. The predicted molar refractivity (Wildman–Crippen MR) is 60.2 cm³/mol. The van der Waals surface area contributed by atoms with Crippen LogP contribution in [0.4, 0.5) is 0 Å². The number of hydrogen-bond donors (Lipinski definition) is 2. The van der Waals surface area contributed by atoms with Gasteiger partial charge in [0.05, 0.1) is 13.1 Å². The highest BCUT2D eigenvalue weighted by Gasteiger charge is 2.17. The first kappa shape index (κ1) is 13.5. The SMILES string of the molecule is CC[NH+](CC)CC#CC(O)(CC)CC. The molecule has 0 fully saturated rings. The summed E-state index contributed by atoms with van der Waals surface area (Å²) in [5.41, 5.74) is -0.757. The number of aliphatic hydroxyl groups is 1. The van der Waals surface area contributed by atoms with Gasteiger partial charge in [-0.15, -0.1) is 0 Å². The summed E-state index contributed by atoms with van der Waals surface area (Å²) in [6, 6.07) is 0. The van der Waals surface area contributed by atoms with Crippen LogP contribution in [0.3, 0.4) is 0 Å². The zero-order chi connectivity index (χ0) is 11.0. The minimum absolute atomic E-state index is 0.712. The highest BCUT2D eigenvalue weighted by atomic mass is 16.3. The van der Waals surface area contributed by atoms with Gasteiger partial charge in [0.2, 0.25) is 0 Å². The van der Waals surface area contributed by atoms with Crippen molar-refractivity contribution < 1.29 is 10.0 Å². The first-order chi connectivity index (χ1) is 6.61. The predicted octanol–water partition coefficient (Wildman–Crippen LogP) is 0.466. The van der Waals surface area contributed by atoms with Gasteiger partial charge in [0.25, 0.3) is 0 Å². The Labute approximate surface area is 88.3 Å². The second-order valence-electron chi connectivity index (χ2n) is 3.67. The summed E-state index contributed by atoms with van der Waals surface area (Å²) in [7, 11) is 0. The van der Waals surface area contributed by atoms with E-state index in [0.29, 0.717) is 12.8 Å². The molecule has 0 amide bonds. The van der Waals surface area contributed by atoms with E-state index in [1.807, 2.05) is 13.8 Å². The molecule has 0 rings (SSSR count). The molecule has 0 radical (unpaired) electrons. The second-order valence-corrected chi connectivity index (χ2v) is 3.67. The third kappa shape index (κ3) is 4.64. The third-order valence-corrected chi connectivity index (χ3v) is 2.83. The highest BCUT2D eigenvalue weighted by Crippen LogP contribution is 2.11. The molecular weight excluding hydrogens is 174 g/mol. The molecule has 0 saturated carbocycles. The minimum atomic E-state index is -0.757. The lowest BCUT2D eigenvalue weighted by atomic mass is 9.98. The Bertz CT molecular complexity index is 194. The summed E-state index contributed by atoms with van der Waals surface area (Å²) in [6.07, 6.45) is 1.42. The molecule has 0 aliphatic rings. The van der Waals surface area contributed by atoms with Gasteiger partial charge >= 0.3 is 0 Å². The lowest BCUT2D eigenvalue weighted by Crippen LogP contribution is -3.11. The van der Waals surface area contributed by atoms with Crippen molar-refractivity contribution in [2.75, 3.05) is 19.6 Å². The Morgan fingerprint density at radius 3 is 1.93 bits per heavy atom. The first-order valence-corrected chi connectivity index (χ1v) is 5.67. The van der Waals surface area contributed by atoms with E-state index in [9.17, 15) is 5.11 Å². The average molecular weight is 198 g/mol. The highest BCUT2D eigenvalue weighted by molar-refractivity contribution is 5.12. The molecule has 0 bridgehead atoms. The fourth-order valence-electron chi connectivity index (χ4n) is 1.26. The van der Waals surface area contributed by atoms with E-state index >= 15 is 0 Å². The molecule has 14 heavy (non-hydrogen) atoms. The fourth-order valence-corrected chi connectivity index (χ4v) is 1.26. The monoisotopic (exact) mass is 198 g/mol. The Morgan fingerprint density at radius 2 is 1.57 bits per heavy atom. The zero-order valence-electron chi connectivity index (χ0n) is 9.98. The van der Waals surface area contributed by atoms with E-state index in [1.165, 1.54) is 4.90 Å². The molecule has 0 aromatic rings. The molecule has 0 saturated heterocycles. The maximum Gasteiger partial charge on any atom is 0.139 e. The molecule has 0 aliphatic carbocycles. The van der Waals surface area contributed by atoms with Gasteiger partial charge < -0.3 is 10.0 Å². The summed E-state index contributed by atoms with van der Waals surface area (Å²) < 4.78 is 0. The van der Waals surface area contributed by atoms with E-state index in [0.717, 1.165) is 19.6 Å². The van der Waals surface area contributed by atoms with Crippen LogP contribution >= 0.6 is 0 Å². The number of nitrogens with one attached hydrogen (secondary N) is 1. The van der Waals surface area contributed by atoms with Gasteiger partial charge in [-0.25, -0.2) is 0 Å². The quantitative estimate of drug-likeness (QED) is 0.617. The van der Waals surface area contributed by atoms with Crippen LogP contribution in [0.15, 0.2) is 0 Å². The molecule has 0 aromatic heterocycles. The Kier molecular flexibility index (Phi) is 6.61. The normalized spacial score (nSPS) is 11.3. The van der Waals surface area contributed by atoms with Crippen molar-refractivity contribution in [3.63, 3.8) is 0 Å². The number of hydrogen-bond acceptors (Lipinski definition) is 1. The van der Waals surface area contributed by atoms with Crippen LogP contribution in [-0.4, -0.2) is 30.3 Å². The van der Waals surface area contributed by atoms with Gasteiger partial charge in [0, 0.05) is 0 Å². The van der Waals surface area contributed by atoms with E-state index in [4.69, 9.17) is 0 Å². The molecule has 0 aromatic carbocycles. The van der Waals surface area contributed by atoms with Gasteiger partial charge in [-0.3, -0.25) is 0 Å². The Balaban J connectivity index is 4.14. The van der Waals surface area contributed by atoms with Gasteiger partial charge in [-0.05, 0) is 32.6 Å². The van der Waals surface area contributed by atoms with Crippen molar-refractivity contribution in [1.82, 2.24) is 0 Å². The van der Waals surface area contributed by atoms with Crippen LogP contribution in [0.5, 0.6) is 0 Å². The van der Waals surface area contributed by atoms with Crippen molar-refractivity contribution in [2.24, 2.45) is 0 Å². The van der Waals surface area contributed by atoms with Crippen molar-refractivity contribution in [1.29, 1.82) is 0 Å². The summed E-state index contributed by atoms with van der Waals surface area (Å²) in [6.45, 7) is 11.3. The van der Waals surface area contributed by atoms with Crippen molar-refractivity contribution in [2.45, 2.75) is 46.1 Å². The molecule has 2 nitrogen and oxygen atoms in total. The molecule has 2 heteroatoms. The lowest BCUT2D eigenvalue weighted by molar-refractivity contribution is -0.889. The molecule has 0 heterocycles. The average Bonchev–Trinajstić information content (AvgIpc) is 2.24. The fraction of sp³-hybridized carbons (Fsp3) is 0.833. The van der Waals surface area contributed by atoms with Crippen molar-refractivity contribution in [3.8, 4) is 11.8 Å². The first-order valence-electron chi connectivity index (χ1n) is 5.67. The molecule has 82 valence electrons. The van der Waals surface area contributed by atoms with Gasteiger partial charge in [-0.1, -0.05) is 19.8 Å². The van der Waals surface area contributed by atoms with E-state index in [2.05, 4.69) is 25.7 Å². The van der Waals surface area contributed by atoms with Crippen molar-refractivity contribution >= 4 is 0 Å². The van der Waals surface area contributed by atoms with E-state index in [-0.39, 0.29) is 0 Å². The lowest BCUT2D eigenvalue weighted by Gasteiger charge is -2.17. The van der Waals surface area contributed by atoms with Gasteiger partial charge in [0.15, 0.2) is 0 Å². The smallest absolute Gasteiger partial charge is 0.139 e. The largest absolute Gasteiger partial charge is 0.378 e.